The van der Waals surface area contributed by atoms with Crippen LogP contribution in [0, 0.1) is 12.8 Å². The van der Waals surface area contributed by atoms with Gasteiger partial charge in [-0.05, 0) is 35.4 Å². The number of aryl methyl sites for hydroxylation is 1. The molecule has 122 valence electrons. The van der Waals surface area contributed by atoms with E-state index in [1.54, 1.807) is 0 Å². The number of primary amides is 1. The lowest BCUT2D eigenvalue weighted by Gasteiger charge is -2.23. The smallest absolute Gasteiger partial charge is 0.318 e. The largest absolute Gasteiger partial charge is 0.351 e. The molecule has 1 aromatic rings. The Balaban J connectivity index is 3.08. The highest BCUT2D eigenvalue weighted by molar-refractivity contribution is 8.00. The summed E-state index contributed by atoms with van der Waals surface area (Å²) in [5.41, 5.74) is 7.44. The number of urea groups is 1. The first-order valence-electron chi connectivity index (χ1n) is 7.40. The molecule has 4 nitrogen and oxygen atoms in total. The van der Waals surface area contributed by atoms with E-state index >= 15 is 0 Å². The predicted octanol–water partition coefficient (Wildman–Crippen LogP) is 3.60. The van der Waals surface area contributed by atoms with E-state index in [2.05, 4.69) is 44.3 Å². The Morgan fingerprint density at radius 1 is 1.23 bits per heavy atom. The van der Waals surface area contributed by atoms with Crippen molar-refractivity contribution in [3.05, 3.63) is 29.3 Å². The van der Waals surface area contributed by atoms with Crippen molar-refractivity contribution in [1.82, 2.24) is 5.32 Å². The summed E-state index contributed by atoms with van der Waals surface area (Å²) in [5.74, 6) is -0.255. The van der Waals surface area contributed by atoms with E-state index in [4.69, 9.17) is 5.73 Å². The summed E-state index contributed by atoms with van der Waals surface area (Å²) in [7, 11) is 0. The molecule has 0 heterocycles. The van der Waals surface area contributed by atoms with Crippen molar-refractivity contribution in [1.29, 1.82) is 0 Å². The minimum atomic E-state index is -0.809. The van der Waals surface area contributed by atoms with Gasteiger partial charge in [0.1, 0.15) is 0 Å². The van der Waals surface area contributed by atoms with Gasteiger partial charge in [0.25, 0.3) is 0 Å². The first kappa shape index (κ1) is 18.6. The molecule has 22 heavy (non-hydrogen) atoms. The van der Waals surface area contributed by atoms with E-state index in [1.807, 2.05) is 20.8 Å². The van der Waals surface area contributed by atoms with Crippen molar-refractivity contribution in [2.75, 3.05) is 0 Å². The number of amides is 3. The molecular formula is C17H26N2O2S. The monoisotopic (exact) mass is 322 g/mol. The molecule has 0 spiro atoms. The summed E-state index contributed by atoms with van der Waals surface area (Å²) in [6, 6.07) is 5.52. The van der Waals surface area contributed by atoms with Crippen molar-refractivity contribution in [3.63, 3.8) is 0 Å². The standard InChI is InChI=1S/C17H26N2O2S/c1-10(2)14(15(20)19-16(18)21)22-13-9-12(17(4,5)6)8-7-11(13)3/h7-10,14H,1-6H3,(H3,18,19,20,21)/t14-/m0/s1. The second-order valence-electron chi connectivity index (χ2n) is 6.87. The third kappa shape index (κ3) is 5.05. The van der Waals surface area contributed by atoms with E-state index in [9.17, 15) is 9.59 Å². The van der Waals surface area contributed by atoms with E-state index in [0.29, 0.717) is 0 Å². The number of hydrogen-bond donors (Lipinski definition) is 2. The maximum absolute atomic E-state index is 12.2. The zero-order valence-corrected chi connectivity index (χ0v) is 15.0. The van der Waals surface area contributed by atoms with Crippen LogP contribution in [0.3, 0.4) is 0 Å². The SMILES string of the molecule is Cc1ccc(C(C)(C)C)cc1S[C@H](C(=O)NC(N)=O)C(C)C. The van der Waals surface area contributed by atoms with Gasteiger partial charge in [0.05, 0.1) is 5.25 Å². The lowest BCUT2D eigenvalue weighted by atomic mass is 9.87. The van der Waals surface area contributed by atoms with Crippen LogP contribution in [-0.2, 0) is 10.2 Å². The third-order valence-corrected chi connectivity index (χ3v) is 5.12. The average Bonchev–Trinajstić information content (AvgIpc) is 2.34. The molecule has 1 aromatic carbocycles. The van der Waals surface area contributed by atoms with Crippen LogP contribution in [0.5, 0.6) is 0 Å². The number of rotatable bonds is 4. The van der Waals surface area contributed by atoms with Crippen LogP contribution in [0.1, 0.15) is 45.7 Å². The number of imide groups is 1. The van der Waals surface area contributed by atoms with E-state index in [0.717, 1.165) is 10.5 Å². The lowest BCUT2D eigenvalue weighted by molar-refractivity contribution is -0.120. The van der Waals surface area contributed by atoms with Crippen molar-refractivity contribution >= 4 is 23.7 Å². The van der Waals surface area contributed by atoms with Gasteiger partial charge in [-0.3, -0.25) is 10.1 Å². The Labute approximate surface area is 137 Å². The second-order valence-corrected chi connectivity index (χ2v) is 8.05. The van der Waals surface area contributed by atoms with Gasteiger partial charge in [-0.1, -0.05) is 46.8 Å². The van der Waals surface area contributed by atoms with Crippen LogP contribution < -0.4 is 11.1 Å². The molecule has 0 aliphatic rings. The topological polar surface area (TPSA) is 72.2 Å². The molecular weight excluding hydrogens is 296 g/mol. The molecule has 0 saturated heterocycles. The minimum absolute atomic E-state index is 0.0474. The van der Waals surface area contributed by atoms with E-state index < -0.39 is 6.03 Å². The molecule has 0 fully saturated rings. The zero-order valence-electron chi connectivity index (χ0n) is 14.2. The van der Waals surface area contributed by atoms with Crippen LogP contribution in [0.15, 0.2) is 23.1 Å². The third-order valence-electron chi connectivity index (χ3n) is 3.42. The molecule has 0 aliphatic heterocycles. The molecule has 1 atom stereocenters. The molecule has 0 unspecified atom stereocenters. The molecule has 0 aromatic heterocycles. The normalized spacial score (nSPS) is 13.0. The van der Waals surface area contributed by atoms with Crippen LogP contribution in [0.2, 0.25) is 0 Å². The van der Waals surface area contributed by atoms with Gasteiger partial charge in [0.15, 0.2) is 0 Å². The van der Waals surface area contributed by atoms with Gasteiger partial charge < -0.3 is 5.73 Å². The Morgan fingerprint density at radius 2 is 1.82 bits per heavy atom. The van der Waals surface area contributed by atoms with Gasteiger partial charge >= 0.3 is 6.03 Å². The quantitative estimate of drug-likeness (QED) is 0.832. The highest BCUT2D eigenvalue weighted by atomic mass is 32.2. The number of carbonyl (C=O) groups excluding carboxylic acids is 2. The molecule has 3 N–H and O–H groups in total. The Bertz CT molecular complexity index is 562. The maximum atomic E-state index is 12.2. The van der Waals surface area contributed by atoms with Crippen LogP contribution in [0.25, 0.3) is 0 Å². The number of nitrogens with two attached hydrogens (primary N) is 1. The molecule has 3 amide bonds. The van der Waals surface area contributed by atoms with Crippen LogP contribution >= 0.6 is 11.8 Å². The van der Waals surface area contributed by atoms with Gasteiger partial charge in [-0.25, -0.2) is 4.79 Å². The summed E-state index contributed by atoms with van der Waals surface area (Å²) in [6.07, 6.45) is 0. The summed E-state index contributed by atoms with van der Waals surface area (Å²) in [5, 5.41) is 1.83. The Hall–Kier alpha value is -1.49. The number of thioether (sulfide) groups is 1. The molecule has 5 heteroatoms. The van der Waals surface area contributed by atoms with Crippen LogP contribution in [-0.4, -0.2) is 17.2 Å². The zero-order chi connectivity index (χ0) is 17.1. The van der Waals surface area contributed by atoms with Crippen molar-refractivity contribution < 1.29 is 9.59 Å². The number of benzene rings is 1. The predicted molar refractivity (Wildman–Crippen MR) is 92.1 cm³/mol. The maximum Gasteiger partial charge on any atom is 0.318 e. The van der Waals surface area contributed by atoms with Crippen LogP contribution in [0.4, 0.5) is 4.79 Å². The Kier molecular flexibility index (Phi) is 6.06. The van der Waals surface area contributed by atoms with Crippen molar-refractivity contribution in [2.45, 2.75) is 57.1 Å². The van der Waals surface area contributed by atoms with Crippen molar-refractivity contribution in [3.8, 4) is 0 Å². The fraction of sp³-hybridized carbons (Fsp3) is 0.529. The second kappa shape index (κ2) is 7.18. The highest BCUT2D eigenvalue weighted by Gasteiger charge is 2.26. The summed E-state index contributed by atoms with van der Waals surface area (Å²) in [4.78, 5) is 24.1. The Morgan fingerprint density at radius 3 is 2.27 bits per heavy atom. The minimum Gasteiger partial charge on any atom is -0.351 e. The number of nitrogens with one attached hydrogen (secondary N) is 1. The summed E-state index contributed by atoms with van der Waals surface area (Å²) >= 11 is 1.48. The number of hydrogen-bond acceptors (Lipinski definition) is 3. The van der Waals surface area contributed by atoms with Gasteiger partial charge in [-0.15, -0.1) is 11.8 Å². The molecule has 1 rings (SSSR count). The molecule has 0 bridgehead atoms. The summed E-state index contributed by atoms with van der Waals surface area (Å²) < 4.78 is 0. The van der Waals surface area contributed by atoms with E-state index in [-0.39, 0.29) is 22.5 Å². The van der Waals surface area contributed by atoms with E-state index in [1.165, 1.54) is 17.3 Å². The fourth-order valence-corrected chi connectivity index (χ4v) is 3.18. The van der Waals surface area contributed by atoms with Crippen molar-refractivity contribution in [2.24, 2.45) is 11.7 Å². The fourth-order valence-electron chi connectivity index (χ4n) is 2.02. The lowest BCUT2D eigenvalue weighted by Crippen LogP contribution is -2.42. The van der Waals surface area contributed by atoms with Gasteiger partial charge in [-0.2, -0.15) is 0 Å². The highest BCUT2D eigenvalue weighted by Crippen LogP contribution is 2.34. The summed E-state index contributed by atoms with van der Waals surface area (Å²) in [6.45, 7) is 12.4. The molecule has 0 radical (unpaired) electrons. The van der Waals surface area contributed by atoms with Gasteiger partial charge in [0.2, 0.25) is 5.91 Å². The molecule has 0 aliphatic carbocycles. The first-order valence-corrected chi connectivity index (χ1v) is 8.28. The number of carbonyl (C=O) groups is 2. The van der Waals surface area contributed by atoms with Gasteiger partial charge in [0, 0.05) is 4.90 Å². The average molecular weight is 322 g/mol. The molecule has 0 saturated carbocycles. The first-order chi connectivity index (χ1) is 10.0.